The second-order valence-electron chi connectivity index (χ2n) is 4.24. The van der Waals surface area contributed by atoms with Crippen LogP contribution in [0.2, 0.25) is 5.28 Å². The third-order valence-electron chi connectivity index (χ3n) is 2.79. The Kier molecular flexibility index (Phi) is 4.02. The number of nitrogens with zero attached hydrogens (tertiary/aromatic N) is 3. The number of amides is 1. The van der Waals surface area contributed by atoms with Gasteiger partial charge < -0.3 is 5.32 Å². The number of carbonyl (C=O) groups is 1. The Morgan fingerprint density at radius 2 is 2.11 bits per heavy atom. The third kappa shape index (κ3) is 3.20. The monoisotopic (exact) mass is 304 g/mol. The first-order valence-electron chi connectivity index (χ1n) is 5.64. The summed E-state index contributed by atoms with van der Waals surface area (Å²) in [5.41, 5.74) is 0. The summed E-state index contributed by atoms with van der Waals surface area (Å²) in [4.78, 5) is 18.3. The fourth-order valence-electron chi connectivity index (χ4n) is 1.93. The molecule has 1 aromatic heterocycles. The molecule has 1 aliphatic heterocycles. The fraction of sp³-hybridized carbons (Fsp3) is 0.500. The number of hydrogen-bond acceptors (Lipinski definition) is 5. The van der Waals surface area contributed by atoms with E-state index in [2.05, 4.69) is 15.3 Å². The molecule has 0 spiro atoms. The minimum atomic E-state index is -3.63. The van der Waals surface area contributed by atoms with Crippen LogP contribution < -0.4 is 5.32 Å². The summed E-state index contributed by atoms with van der Waals surface area (Å²) in [6, 6.07) is -0.152. The van der Waals surface area contributed by atoms with Gasteiger partial charge >= 0.3 is 0 Å². The summed E-state index contributed by atoms with van der Waals surface area (Å²) in [5, 5.41) is 2.70. The van der Waals surface area contributed by atoms with Gasteiger partial charge in [0.1, 0.15) is 4.90 Å². The Bertz CT molecular complexity index is 575. The van der Waals surface area contributed by atoms with Crippen molar-refractivity contribution in [3.8, 4) is 0 Å². The van der Waals surface area contributed by atoms with E-state index < -0.39 is 10.0 Å². The largest absolute Gasteiger partial charge is 0.352 e. The number of hydrogen-bond donors (Lipinski definition) is 1. The number of carbonyl (C=O) groups excluding carboxylic acids is 1. The molecule has 2 heterocycles. The summed E-state index contributed by atoms with van der Waals surface area (Å²) in [6.07, 6.45) is 2.94. The molecule has 1 atom stereocenters. The Morgan fingerprint density at radius 3 is 2.68 bits per heavy atom. The molecule has 0 aliphatic carbocycles. The average molecular weight is 305 g/mol. The Balaban J connectivity index is 2.13. The van der Waals surface area contributed by atoms with Crippen molar-refractivity contribution < 1.29 is 13.2 Å². The van der Waals surface area contributed by atoms with E-state index >= 15 is 0 Å². The predicted molar refractivity (Wildman–Crippen MR) is 68.0 cm³/mol. The van der Waals surface area contributed by atoms with Gasteiger partial charge in [0.25, 0.3) is 0 Å². The molecule has 0 radical (unpaired) electrons. The SMILES string of the molecule is CC(=O)NC1CCN(S(=O)(=O)c2cnc(Cl)nc2)C1. The molecule has 104 valence electrons. The zero-order valence-corrected chi connectivity index (χ0v) is 11.8. The van der Waals surface area contributed by atoms with E-state index in [9.17, 15) is 13.2 Å². The van der Waals surface area contributed by atoms with Crippen molar-refractivity contribution >= 4 is 27.5 Å². The van der Waals surface area contributed by atoms with E-state index in [1.54, 1.807) is 0 Å². The van der Waals surface area contributed by atoms with Gasteiger partial charge in [-0.2, -0.15) is 4.31 Å². The number of nitrogens with one attached hydrogen (secondary N) is 1. The normalized spacial score (nSPS) is 20.4. The molecule has 1 fully saturated rings. The van der Waals surface area contributed by atoms with E-state index in [4.69, 9.17) is 11.6 Å². The second-order valence-corrected chi connectivity index (χ2v) is 6.51. The molecule has 1 aromatic rings. The molecule has 1 aliphatic rings. The van der Waals surface area contributed by atoms with Crippen molar-refractivity contribution in [1.82, 2.24) is 19.6 Å². The van der Waals surface area contributed by atoms with Gasteiger partial charge in [-0.05, 0) is 18.0 Å². The maximum atomic E-state index is 12.3. The number of halogens is 1. The lowest BCUT2D eigenvalue weighted by molar-refractivity contribution is -0.119. The maximum absolute atomic E-state index is 12.3. The highest BCUT2D eigenvalue weighted by Crippen LogP contribution is 2.20. The molecule has 1 saturated heterocycles. The van der Waals surface area contributed by atoms with Gasteiger partial charge in [0, 0.05) is 26.1 Å². The molecule has 9 heteroatoms. The van der Waals surface area contributed by atoms with Crippen molar-refractivity contribution in [3.05, 3.63) is 17.7 Å². The molecule has 1 amide bonds. The van der Waals surface area contributed by atoms with Crippen LogP contribution in [0.3, 0.4) is 0 Å². The highest BCUT2D eigenvalue weighted by molar-refractivity contribution is 7.89. The van der Waals surface area contributed by atoms with E-state index in [0.717, 1.165) is 0 Å². The van der Waals surface area contributed by atoms with Crippen LogP contribution in [-0.2, 0) is 14.8 Å². The lowest BCUT2D eigenvalue weighted by atomic mass is 10.3. The second kappa shape index (κ2) is 5.40. The lowest BCUT2D eigenvalue weighted by Gasteiger charge is -2.16. The van der Waals surface area contributed by atoms with Crippen LogP contribution in [0.15, 0.2) is 17.3 Å². The molecule has 0 bridgehead atoms. The average Bonchev–Trinajstić information content (AvgIpc) is 2.78. The smallest absolute Gasteiger partial charge is 0.246 e. The van der Waals surface area contributed by atoms with Crippen LogP contribution >= 0.6 is 11.6 Å². The van der Waals surface area contributed by atoms with Crippen molar-refractivity contribution in [1.29, 1.82) is 0 Å². The van der Waals surface area contributed by atoms with Crippen molar-refractivity contribution in [2.24, 2.45) is 0 Å². The molecule has 2 rings (SSSR count). The highest BCUT2D eigenvalue weighted by atomic mass is 35.5. The standard InChI is InChI=1S/C10H13ClN4O3S/c1-7(16)14-8-2-3-15(6-8)19(17,18)9-4-12-10(11)13-5-9/h4-5,8H,2-3,6H2,1H3,(H,14,16). The summed E-state index contributed by atoms with van der Waals surface area (Å²) >= 11 is 5.52. The molecule has 7 nitrogen and oxygen atoms in total. The summed E-state index contributed by atoms with van der Waals surface area (Å²) in [5.74, 6) is -0.168. The lowest BCUT2D eigenvalue weighted by Crippen LogP contribution is -2.37. The van der Waals surface area contributed by atoms with E-state index in [0.29, 0.717) is 13.0 Å². The van der Waals surface area contributed by atoms with Gasteiger partial charge in [-0.25, -0.2) is 18.4 Å². The van der Waals surface area contributed by atoms with Gasteiger partial charge in [-0.15, -0.1) is 0 Å². The molecular weight excluding hydrogens is 292 g/mol. The number of sulfonamides is 1. The molecule has 1 unspecified atom stereocenters. The highest BCUT2D eigenvalue weighted by Gasteiger charge is 2.33. The van der Waals surface area contributed by atoms with Crippen molar-refractivity contribution in [3.63, 3.8) is 0 Å². The zero-order valence-electron chi connectivity index (χ0n) is 10.2. The number of rotatable bonds is 3. The van der Waals surface area contributed by atoms with E-state index in [1.807, 2.05) is 0 Å². The quantitative estimate of drug-likeness (QED) is 0.795. The molecule has 0 saturated carbocycles. The Hall–Kier alpha value is -1.25. The summed E-state index contributed by atoms with van der Waals surface area (Å²) < 4.78 is 25.8. The number of aromatic nitrogens is 2. The van der Waals surface area contributed by atoms with Gasteiger partial charge in [-0.1, -0.05) is 0 Å². The maximum Gasteiger partial charge on any atom is 0.246 e. The predicted octanol–water partition coefficient (Wildman–Crippen LogP) is 0.0291. The molecule has 1 N–H and O–H groups in total. The van der Waals surface area contributed by atoms with Crippen LogP contribution in [0.25, 0.3) is 0 Å². The van der Waals surface area contributed by atoms with Crippen LogP contribution in [-0.4, -0.2) is 47.7 Å². The minimum absolute atomic E-state index is 0.000347. The Labute approximate surface area is 116 Å². The van der Waals surface area contributed by atoms with Gasteiger partial charge in [-0.3, -0.25) is 4.79 Å². The van der Waals surface area contributed by atoms with Gasteiger partial charge in [0.05, 0.1) is 12.4 Å². The van der Waals surface area contributed by atoms with Crippen LogP contribution in [0, 0.1) is 0 Å². The van der Waals surface area contributed by atoms with E-state index in [1.165, 1.54) is 23.6 Å². The van der Waals surface area contributed by atoms with Crippen molar-refractivity contribution in [2.75, 3.05) is 13.1 Å². The van der Waals surface area contributed by atoms with Crippen LogP contribution in [0.4, 0.5) is 0 Å². The first-order valence-corrected chi connectivity index (χ1v) is 7.46. The van der Waals surface area contributed by atoms with Crippen LogP contribution in [0.5, 0.6) is 0 Å². The first-order chi connectivity index (χ1) is 8.89. The summed E-state index contributed by atoms with van der Waals surface area (Å²) in [6.45, 7) is 2.02. The van der Waals surface area contributed by atoms with Crippen molar-refractivity contribution in [2.45, 2.75) is 24.3 Å². The van der Waals surface area contributed by atoms with Gasteiger partial charge in [0.2, 0.25) is 21.2 Å². The first kappa shape index (κ1) is 14.2. The minimum Gasteiger partial charge on any atom is -0.352 e. The van der Waals surface area contributed by atoms with E-state index in [-0.39, 0.29) is 28.7 Å². The van der Waals surface area contributed by atoms with Gasteiger partial charge in [0.15, 0.2) is 0 Å². The molecular formula is C10H13ClN4O3S. The summed E-state index contributed by atoms with van der Waals surface area (Å²) in [7, 11) is -3.63. The zero-order chi connectivity index (χ0) is 14.0. The molecule has 0 aromatic carbocycles. The molecule has 19 heavy (non-hydrogen) atoms. The van der Waals surface area contributed by atoms with Crippen LogP contribution in [0.1, 0.15) is 13.3 Å². The third-order valence-corrected chi connectivity index (χ3v) is 4.81. The fourth-order valence-corrected chi connectivity index (χ4v) is 3.42. The topological polar surface area (TPSA) is 92.3 Å². The Morgan fingerprint density at radius 1 is 1.47 bits per heavy atom.